The van der Waals surface area contributed by atoms with Crippen molar-refractivity contribution in [1.29, 1.82) is 0 Å². The number of aliphatic imine (C=N–C) groups is 1. The predicted molar refractivity (Wildman–Crippen MR) is 56.3 cm³/mol. The number of hydrogen-bond acceptors (Lipinski definition) is 3. The Morgan fingerprint density at radius 1 is 1.57 bits per heavy atom. The lowest BCUT2D eigenvalue weighted by Crippen LogP contribution is -2.21. The van der Waals surface area contributed by atoms with Gasteiger partial charge in [0.25, 0.3) is 0 Å². The maximum Gasteiger partial charge on any atom is 0.191 e. The number of rotatable bonds is 4. The van der Waals surface area contributed by atoms with Crippen LogP contribution in [-0.2, 0) is 6.54 Å². The third-order valence-electron chi connectivity index (χ3n) is 1.65. The van der Waals surface area contributed by atoms with E-state index in [-0.39, 0.29) is 5.96 Å². The molecule has 1 aromatic rings. The van der Waals surface area contributed by atoms with Crippen LogP contribution in [0.2, 0.25) is 0 Å². The van der Waals surface area contributed by atoms with Crippen LogP contribution in [0.5, 0.6) is 0 Å². The lowest BCUT2D eigenvalue weighted by atomic mass is 10.5. The van der Waals surface area contributed by atoms with Crippen molar-refractivity contribution in [3.63, 3.8) is 0 Å². The molecule has 0 spiro atoms. The molecule has 0 amide bonds. The second kappa shape index (κ2) is 4.61. The first-order valence-corrected chi connectivity index (χ1v) is 4.35. The van der Waals surface area contributed by atoms with Gasteiger partial charge in [0, 0.05) is 6.54 Å². The monoisotopic (exact) mass is 196 g/mol. The van der Waals surface area contributed by atoms with E-state index in [4.69, 9.17) is 11.5 Å². The van der Waals surface area contributed by atoms with Crippen molar-refractivity contribution in [1.82, 2.24) is 14.7 Å². The smallest absolute Gasteiger partial charge is 0.191 e. The van der Waals surface area contributed by atoms with Crippen LogP contribution in [0.15, 0.2) is 17.4 Å². The number of hydrogen-bond donors (Lipinski definition) is 2. The van der Waals surface area contributed by atoms with Gasteiger partial charge in [-0.3, -0.25) is 4.68 Å². The summed E-state index contributed by atoms with van der Waals surface area (Å²) in [5.41, 5.74) is 11.2. The van der Waals surface area contributed by atoms with Gasteiger partial charge in [-0.2, -0.15) is 5.10 Å². The Morgan fingerprint density at radius 2 is 2.29 bits per heavy atom. The minimum atomic E-state index is 0.0529. The molecule has 0 aliphatic heterocycles. The minimum absolute atomic E-state index is 0.0529. The zero-order valence-electron chi connectivity index (χ0n) is 8.51. The Labute approximate surface area is 83.2 Å². The zero-order valence-corrected chi connectivity index (χ0v) is 8.51. The summed E-state index contributed by atoms with van der Waals surface area (Å²) in [6.07, 6.45) is 3.44. The third-order valence-corrected chi connectivity index (χ3v) is 1.65. The lowest BCUT2D eigenvalue weighted by molar-refractivity contribution is 0.373. The molecule has 0 unspecified atom stereocenters. The van der Waals surface area contributed by atoms with Gasteiger partial charge in [-0.25, -0.2) is 4.99 Å². The summed E-state index contributed by atoms with van der Waals surface area (Å²) in [6.45, 7) is 1.76. The van der Waals surface area contributed by atoms with Crippen molar-refractivity contribution < 1.29 is 0 Å². The molecule has 0 atom stereocenters. The highest BCUT2D eigenvalue weighted by atomic mass is 15.3. The number of nitrogens with two attached hydrogens (primary N) is 2. The molecule has 0 bridgehead atoms. The Kier molecular flexibility index (Phi) is 3.47. The molecule has 1 heterocycles. The van der Waals surface area contributed by atoms with Crippen molar-refractivity contribution in [2.75, 3.05) is 20.6 Å². The summed E-state index contributed by atoms with van der Waals surface area (Å²) in [4.78, 5) is 5.97. The van der Waals surface area contributed by atoms with Gasteiger partial charge in [0.15, 0.2) is 5.96 Å². The van der Waals surface area contributed by atoms with Crippen molar-refractivity contribution in [3.05, 3.63) is 12.4 Å². The Morgan fingerprint density at radius 3 is 2.86 bits per heavy atom. The zero-order chi connectivity index (χ0) is 10.6. The average molecular weight is 196 g/mol. The van der Waals surface area contributed by atoms with Crippen LogP contribution >= 0.6 is 0 Å². The molecule has 0 fully saturated rings. The third kappa shape index (κ3) is 3.44. The molecule has 0 aliphatic carbocycles. The van der Waals surface area contributed by atoms with E-state index in [1.165, 1.54) is 0 Å². The summed E-state index contributed by atoms with van der Waals surface area (Å²) >= 11 is 0. The molecule has 0 aliphatic rings. The summed E-state index contributed by atoms with van der Waals surface area (Å²) in [7, 11) is 4.03. The Balaban J connectivity index is 2.55. The number of guanidine groups is 1. The fraction of sp³-hybridized carbons (Fsp3) is 0.500. The van der Waals surface area contributed by atoms with E-state index >= 15 is 0 Å². The minimum Gasteiger partial charge on any atom is -0.370 e. The van der Waals surface area contributed by atoms with E-state index < -0.39 is 0 Å². The van der Waals surface area contributed by atoms with Crippen molar-refractivity contribution >= 4 is 11.6 Å². The van der Waals surface area contributed by atoms with Crippen molar-refractivity contribution in [3.8, 4) is 0 Å². The quantitative estimate of drug-likeness (QED) is 0.495. The molecule has 14 heavy (non-hydrogen) atoms. The molecule has 1 aromatic heterocycles. The van der Waals surface area contributed by atoms with E-state index in [9.17, 15) is 0 Å². The first-order valence-electron chi connectivity index (χ1n) is 4.35. The van der Waals surface area contributed by atoms with Crippen molar-refractivity contribution in [2.45, 2.75) is 6.54 Å². The second-order valence-electron chi connectivity index (χ2n) is 3.30. The van der Waals surface area contributed by atoms with Crippen LogP contribution < -0.4 is 11.5 Å². The van der Waals surface area contributed by atoms with Crippen LogP contribution in [0.1, 0.15) is 0 Å². The molecule has 78 valence electrons. The molecular formula is C8H16N6. The van der Waals surface area contributed by atoms with Gasteiger partial charge in [0.1, 0.15) is 5.69 Å². The first kappa shape index (κ1) is 10.5. The molecule has 1 rings (SSSR count). The molecule has 6 heteroatoms. The van der Waals surface area contributed by atoms with E-state index in [1.54, 1.807) is 6.20 Å². The fourth-order valence-corrected chi connectivity index (χ4v) is 0.984. The van der Waals surface area contributed by atoms with Crippen LogP contribution in [0, 0.1) is 0 Å². The largest absolute Gasteiger partial charge is 0.370 e. The molecular weight excluding hydrogens is 180 g/mol. The van der Waals surface area contributed by atoms with Gasteiger partial charge in [0.05, 0.1) is 18.9 Å². The number of aromatic nitrogens is 2. The lowest BCUT2D eigenvalue weighted by Gasteiger charge is -2.08. The highest BCUT2D eigenvalue weighted by Crippen LogP contribution is 2.08. The molecule has 0 saturated carbocycles. The van der Waals surface area contributed by atoms with E-state index in [2.05, 4.69) is 15.0 Å². The second-order valence-corrected chi connectivity index (χ2v) is 3.30. The normalized spacial score (nSPS) is 10.5. The predicted octanol–water partition coefficient (Wildman–Crippen LogP) is -0.650. The summed E-state index contributed by atoms with van der Waals surface area (Å²) < 4.78 is 1.81. The highest BCUT2D eigenvalue weighted by molar-refractivity contribution is 5.78. The average Bonchev–Trinajstić information content (AvgIpc) is 2.47. The van der Waals surface area contributed by atoms with Crippen LogP contribution in [0.4, 0.5) is 5.69 Å². The fourth-order valence-electron chi connectivity index (χ4n) is 0.984. The van der Waals surface area contributed by atoms with Crippen molar-refractivity contribution in [2.24, 2.45) is 16.5 Å². The standard InChI is InChI=1S/C8H16N6/c1-13(2)3-4-14-6-7(5-11-14)12-8(9)10/h5-6H,3-4H2,1-2H3,(H4,9,10,12). The summed E-state index contributed by atoms with van der Waals surface area (Å²) in [5, 5.41) is 4.11. The summed E-state index contributed by atoms with van der Waals surface area (Å²) in [5.74, 6) is 0.0529. The topological polar surface area (TPSA) is 85.5 Å². The first-order chi connectivity index (χ1) is 6.58. The van der Waals surface area contributed by atoms with Crippen LogP contribution in [0.3, 0.4) is 0 Å². The van der Waals surface area contributed by atoms with E-state index in [0.717, 1.165) is 13.1 Å². The Hall–Kier alpha value is -1.56. The van der Waals surface area contributed by atoms with Gasteiger partial charge in [-0.15, -0.1) is 0 Å². The van der Waals surface area contributed by atoms with E-state index in [1.807, 2.05) is 25.0 Å². The molecule has 0 radical (unpaired) electrons. The number of likely N-dealkylation sites (N-methyl/N-ethyl adjacent to an activating group) is 1. The van der Waals surface area contributed by atoms with E-state index in [0.29, 0.717) is 5.69 Å². The maximum atomic E-state index is 5.24. The SMILES string of the molecule is CN(C)CCn1cc(N=C(N)N)cn1. The van der Waals surface area contributed by atoms with Gasteiger partial charge in [0.2, 0.25) is 0 Å². The maximum absolute atomic E-state index is 5.24. The molecule has 4 N–H and O–H groups in total. The molecule has 6 nitrogen and oxygen atoms in total. The molecule has 0 saturated heterocycles. The van der Waals surface area contributed by atoms with Gasteiger partial charge < -0.3 is 16.4 Å². The Bertz CT molecular complexity index is 309. The molecule has 0 aromatic carbocycles. The van der Waals surface area contributed by atoms with Gasteiger partial charge >= 0.3 is 0 Å². The van der Waals surface area contributed by atoms with Crippen LogP contribution in [-0.4, -0.2) is 41.3 Å². The van der Waals surface area contributed by atoms with Gasteiger partial charge in [-0.05, 0) is 14.1 Å². The van der Waals surface area contributed by atoms with Crippen LogP contribution in [0.25, 0.3) is 0 Å². The number of nitrogens with zero attached hydrogens (tertiary/aromatic N) is 4. The highest BCUT2D eigenvalue weighted by Gasteiger charge is 1.97. The summed E-state index contributed by atoms with van der Waals surface area (Å²) in [6, 6.07) is 0. The van der Waals surface area contributed by atoms with Gasteiger partial charge in [-0.1, -0.05) is 0 Å².